The van der Waals surface area contributed by atoms with Crippen LogP contribution in [0.1, 0.15) is 48.8 Å². The van der Waals surface area contributed by atoms with Gasteiger partial charge in [-0.3, -0.25) is 9.59 Å². The molecule has 2 N–H and O–H groups in total. The fraction of sp³-hybridized carbons (Fsp3) is 0.333. The minimum Gasteiger partial charge on any atom is -0.369 e. The Morgan fingerprint density at radius 2 is 1.86 bits per heavy atom. The van der Waals surface area contributed by atoms with E-state index in [1.807, 2.05) is 48.0 Å². The Balaban J connectivity index is 2.32. The van der Waals surface area contributed by atoms with Crippen LogP contribution < -0.4 is 5.73 Å². The molecular weight excluding hydrogens is 276 g/mol. The van der Waals surface area contributed by atoms with Gasteiger partial charge in [-0.2, -0.15) is 0 Å². The van der Waals surface area contributed by atoms with Gasteiger partial charge in [0, 0.05) is 11.9 Å². The number of carbonyl (C=O) groups excluding carboxylic acids is 2. The molecule has 1 aromatic carbocycles. The molecule has 1 aliphatic carbocycles. The second-order valence-electron chi connectivity index (χ2n) is 6.88. The fourth-order valence-electron chi connectivity index (χ4n) is 3.86. The maximum atomic E-state index is 12.0. The number of rotatable bonds is 3. The van der Waals surface area contributed by atoms with Gasteiger partial charge in [0.05, 0.1) is 11.1 Å². The average molecular weight is 296 g/mol. The van der Waals surface area contributed by atoms with Gasteiger partial charge >= 0.3 is 0 Å². The number of primary amides is 1. The van der Waals surface area contributed by atoms with Crippen molar-refractivity contribution in [2.24, 2.45) is 5.73 Å². The van der Waals surface area contributed by atoms with Gasteiger partial charge in [-0.1, -0.05) is 32.0 Å². The molecule has 0 aliphatic heterocycles. The number of aldehydes is 1. The predicted octanol–water partition coefficient (Wildman–Crippen LogP) is 2.71. The lowest BCUT2D eigenvalue weighted by molar-refractivity contribution is -0.123. The Morgan fingerprint density at radius 3 is 2.41 bits per heavy atom. The highest BCUT2D eigenvalue weighted by atomic mass is 16.1. The first-order valence-electron chi connectivity index (χ1n) is 7.38. The first kappa shape index (κ1) is 14.6. The summed E-state index contributed by atoms with van der Waals surface area (Å²) < 4.78 is 1.86. The van der Waals surface area contributed by atoms with Gasteiger partial charge < -0.3 is 10.3 Å². The number of benzene rings is 1. The average Bonchev–Trinajstić information content (AvgIpc) is 2.96. The number of carbonyl (C=O) groups is 2. The molecule has 22 heavy (non-hydrogen) atoms. The van der Waals surface area contributed by atoms with Crippen molar-refractivity contribution in [2.75, 3.05) is 0 Å². The molecule has 3 rings (SSSR count). The van der Waals surface area contributed by atoms with E-state index in [-0.39, 0.29) is 11.3 Å². The fourth-order valence-corrected chi connectivity index (χ4v) is 3.86. The van der Waals surface area contributed by atoms with Gasteiger partial charge in [-0.25, -0.2) is 0 Å². The molecule has 0 fully saturated rings. The largest absolute Gasteiger partial charge is 0.369 e. The van der Waals surface area contributed by atoms with Gasteiger partial charge in [-0.05, 0) is 42.0 Å². The van der Waals surface area contributed by atoms with Crippen molar-refractivity contribution in [1.82, 2.24) is 4.57 Å². The lowest BCUT2D eigenvalue weighted by Crippen LogP contribution is -2.37. The summed E-state index contributed by atoms with van der Waals surface area (Å²) in [4.78, 5) is 23.8. The van der Waals surface area contributed by atoms with E-state index < -0.39 is 5.41 Å². The third kappa shape index (κ3) is 1.83. The van der Waals surface area contributed by atoms with E-state index >= 15 is 0 Å². The summed E-state index contributed by atoms with van der Waals surface area (Å²) in [7, 11) is 0. The summed E-state index contributed by atoms with van der Waals surface area (Å²) in [5, 5.41) is 0. The number of nitrogens with two attached hydrogens (primary N) is 1. The number of fused-ring (bicyclic) bond motifs is 1. The maximum Gasteiger partial charge on any atom is 0.227 e. The first-order chi connectivity index (χ1) is 10.3. The minimum absolute atomic E-state index is 0.268. The van der Waals surface area contributed by atoms with Crippen LogP contribution in [-0.2, 0) is 15.6 Å². The van der Waals surface area contributed by atoms with Crippen molar-refractivity contribution in [3.05, 3.63) is 53.3 Å². The molecule has 0 saturated heterocycles. The molecule has 0 radical (unpaired) electrons. The van der Waals surface area contributed by atoms with E-state index in [9.17, 15) is 9.59 Å². The molecule has 1 amide bonds. The van der Waals surface area contributed by atoms with Crippen LogP contribution in [0.3, 0.4) is 0 Å². The highest BCUT2D eigenvalue weighted by molar-refractivity contribution is 5.91. The molecule has 1 atom stereocenters. The lowest BCUT2D eigenvalue weighted by Gasteiger charge is -2.25. The van der Waals surface area contributed by atoms with E-state index in [4.69, 9.17) is 5.73 Å². The van der Waals surface area contributed by atoms with E-state index in [1.54, 1.807) is 0 Å². The third-order valence-corrected chi connectivity index (χ3v) is 4.80. The van der Waals surface area contributed by atoms with Crippen LogP contribution in [0.4, 0.5) is 0 Å². The Hall–Kier alpha value is -2.36. The van der Waals surface area contributed by atoms with Gasteiger partial charge in [-0.15, -0.1) is 0 Å². The lowest BCUT2D eigenvalue weighted by atomic mass is 9.79. The van der Waals surface area contributed by atoms with Crippen LogP contribution in [0.2, 0.25) is 0 Å². The highest BCUT2D eigenvalue weighted by Crippen LogP contribution is 2.51. The first-order valence-corrected chi connectivity index (χ1v) is 7.38. The summed E-state index contributed by atoms with van der Waals surface area (Å²) in [5.74, 6) is -0.345. The number of nitrogens with zero attached hydrogens (tertiary/aromatic N) is 1. The van der Waals surface area contributed by atoms with E-state index in [0.717, 1.165) is 23.1 Å². The zero-order valence-electron chi connectivity index (χ0n) is 13.1. The monoisotopic (exact) mass is 296 g/mol. The summed E-state index contributed by atoms with van der Waals surface area (Å²) in [6.07, 6.45) is 3.39. The van der Waals surface area contributed by atoms with E-state index in [2.05, 4.69) is 13.8 Å². The molecule has 1 aliphatic rings. The molecule has 114 valence electrons. The van der Waals surface area contributed by atoms with Crippen LogP contribution in [0.25, 0.3) is 5.69 Å². The Kier molecular flexibility index (Phi) is 3.02. The zero-order valence-corrected chi connectivity index (χ0v) is 13.1. The van der Waals surface area contributed by atoms with Crippen LogP contribution in [0, 0.1) is 0 Å². The van der Waals surface area contributed by atoms with Crippen LogP contribution in [-0.4, -0.2) is 16.8 Å². The van der Waals surface area contributed by atoms with Gasteiger partial charge in [0.15, 0.2) is 6.29 Å². The minimum atomic E-state index is -0.739. The number of amides is 1. The number of hydrogen-bond donors (Lipinski definition) is 1. The van der Waals surface area contributed by atoms with Crippen molar-refractivity contribution in [1.29, 1.82) is 0 Å². The van der Waals surface area contributed by atoms with Crippen molar-refractivity contribution in [3.8, 4) is 5.69 Å². The second-order valence-corrected chi connectivity index (χ2v) is 6.88. The summed E-state index contributed by atoms with van der Waals surface area (Å²) in [5.41, 5.74) is 7.98. The molecule has 1 aromatic heterocycles. The topological polar surface area (TPSA) is 65.1 Å². The quantitative estimate of drug-likeness (QED) is 0.885. The Labute approximate surface area is 129 Å². The second kappa shape index (κ2) is 4.57. The maximum absolute atomic E-state index is 12.0. The van der Waals surface area contributed by atoms with E-state index in [0.29, 0.717) is 12.1 Å². The summed E-state index contributed by atoms with van der Waals surface area (Å²) in [6.45, 7) is 5.98. The molecule has 0 saturated carbocycles. The molecule has 4 nitrogen and oxygen atoms in total. The molecule has 0 spiro atoms. The molecule has 2 aromatic rings. The van der Waals surface area contributed by atoms with Crippen molar-refractivity contribution < 1.29 is 9.59 Å². The van der Waals surface area contributed by atoms with Crippen LogP contribution in [0.15, 0.2) is 36.5 Å². The van der Waals surface area contributed by atoms with Crippen molar-refractivity contribution in [2.45, 2.75) is 38.0 Å². The predicted molar refractivity (Wildman–Crippen MR) is 85.3 cm³/mol. The van der Waals surface area contributed by atoms with Crippen LogP contribution in [0.5, 0.6) is 0 Å². The third-order valence-electron chi connectivity index (χ3n) is 4.80. The number of hydrogen-bond acceptors (Lipinski definition) is 2. The molecular formula is C18H20N2O2. The molecule has 1 unspecified atom stereocenters. The van der Waals surface area contributed by atoms with Gasteiger partial charge in [0.2, 0.25) is 5.91 Å². The summed E-state index contributed by atoms with van der Waals surface area (Å²) >= 11 is 0. The van der Waals surface area contributed by atoms with E-state index in [1.165, 1.54) is 0 Å². The highest BCUT2D eigenvalue weighted by Gasteiger charge is 2.51. The van der Waals surface area contributed by atoms with Gasteiger partial charge in [0.1, 0.15) is 0 Å². The van der Waals surface area contributed by atoms with Crippen molar-refractivity contribution >= 4 is 12.2 Å². The standard InChI is InChI=1S/C18H20N2O2/c1-17(2)11-18(3,16(19)22)13-9-20(14(10-21)15(13)17)12-7-5-4-6-8-12/h4-10H,11H2,1-3H3,(H2,19,22). The van der Waals surface area contributed by atoms with Crippen LogP contribution >= 0.6 is 0 Å². The van der Waals surface area contributed by atoms with Gasteiger partial charge in [0.25, 0.3) is 0 Å². The number of para-hydroxylation sites is 1. The smallest absolute Gasteiger partial charge is 0.227 e. The SMILES string of the molecule is CC1(C)CC(C)(C(N)=O)c2cn(-c3ccccc3)c(C=O)c21. The molecule has 1 heterocycles. The zero-order chi connectivity index (χ0) is 16.1. The molecule has 4 heteroatoms. The van der Waals surface area contributed by atoms with Crippen molar-refractivity contribution in [3.63, 3.8) is 0 Å². The Morgan fingerprint density at radius 1 is 1.23 bits per heavy atom. The molecule has 0 bridgehead atoms. The normalized spacial score (nSPS) is 22.3. The summed E-state index contributed by atoms with van der Waals surface area (Å²) in [6, 6.07) is 9.66. The Bertz CT molecular complexity index is 759. The number of aromatic nitrogens is 1.